The van der Waals surface area contributed by atoms with Crippen molar-refractivity contribution in [1.82, 2.24) is 9.55 Å². The number of ether oxygens (including phenoxy) is 1. The number of para-hydroxylation sites is 1. The third kappa shape index (κ3) is 4.35. The maximum absolute atomic E-state index is 13.2. The van der Waals surface area contributed by atoms with Crippen LogP contribution in [0.2, 0.25) is 0 Å². The number of aromatic nitrogens is 2. The van der Waals surface area contributed by atoms with Gasteiger partial charge in [0.15, 0.2) is 5.16 Å². The highest BCUT2D eigenvalue weighted by atomic mass is 32.2. The Balaban J connectivity index is 1.72. The first-order valence-corrected chi connectivity index (χ1v) is 10.4. The van der Waals surface area contributed by atoms with Crippen LogP contribution in [0, 0.1) is 6.92 Å². The van der Waals surface area contributed by atoms with Gasteiger partial charge in [-0.2, -0.15) is 0 Å². The minimum Gasteiger partial charge on any atom is -0.497 e. The van der Waals surface area contributed by atoms with E-state index < -0.39 is 0 Å². The van der Waals surface area contributed by atoms with Crippen LogP contribution in [-0.2, 0) is 12.3 Å². The summed E-state index contributed by atoms with van der Waals surface area (Å²) in [6, 6.07) is 23.7. The number of hydrogen-bond acceptors (Lipinski definition) is 4. The smallest absolute Gasteiger partial charge is 0.262 e. The predicted molar refractivity (Wildman–Crippen MR) is 119 cm³/mol. The molecule has 0 aliphatic carbocycles. The van der Waals surface area contributed by atoms with E-state index in [1.807, 2.05) is 42.5 Å². The molecule has 4 rings (SSSR count). The molecule has 3 aromatic carbocycles. The molecular weight excluding hydrogens is 380 g/mol. The quantitative estimate of drug-likeness (QED) is 0.334. The summed E-state index contributed by atoms with van der Waals surface area (Å²) < 4.78 is 7.09. The van der Waals surface area contributed by atoms with Crippen LogP contribution < -0.4 is 10.3 Å². The highest BCUT2D eigenvalue weighted by Gasteiger charge is 2.12. The number of hydrogen-bond donors (Lipinski definition) is 0. The molecule has 4 aromatic rings. The average molecular weight is 403 g/mol. The van der Waals surface area contributed by atoms with Gasteiger partial charge in [-0.3, -0.25) is 9.36 Å². The van der Waals surface area contributed by atoms with Gasteiger partial charge in [-0.05, 0) is 42.3 Å². The standard InChI is InChI=1S/C24H22N2O2S/c1-17-10-12-18(13-11-17)15-26-23(27)21-8-3-4-9-22(21)25-24(26)29-16-19-6-5-7-20(14-19)28-2/h3-14H,15-16H2,1-2H3. The van der Waals surface area contributed by atoms with E-state index in [0.29, 0.717) is 17.7 Å². The van der Waals surface area contributed by atoms with Gasteiger partial charge in [0, 0.05) is 5.75 Å². The summed E-state index contributed by atoms with van der Waals surface area (Å²) in [6.07, 6.45) is 0. The number of methoxy groups -OCH3 is 1. The fourth-order valence-electron chi connectivity index (χ4n) is 3.18. The lowest BCUT2D eigenvalue weighted by atomic mass is 10.1. The van der Waals surface area contributed by atoms with E-state index in [0.717, 1.165) is 27.5 Å². The van der Waals surface area contributed by atoms with Crippen LogP contribution in [0.25, 0.3) is 10.9 Å². The van der Waals surface area contributed by atoms with Crippen molar-refractivity contribution in [3.8, 4) is 5.75 Å². The number of aryl methyl sites for hydroxylation is 1. The number of rotatable bonds is 6. The Morgan fingerprint density at radius 3 is 2.55 bits per heavy atom. The molecule has 1 aromatic heterocycles. The second kappa shape index (κ2) is 8.53. The Morgan fingerprint density at radius 2 is 1.76 bits per heavy atom. The Bertz CT molecular complexity index is 1200. The second-order valence-electron chi connectivity index (χ2n) is 6.93. The van der Waals surface area contributed by atoms with E-state index in [9.17, 15) is 4.79 Å². The van der Waals surface area contributed by atoms with Crippen molar-refractivity contribution in [1.29, 1.82) is 0 Å². The maximum Gasteiger partial charge on any atom is 0.262 e. The molecular formula is C24H22N2O2S. The van der Waals surface area contributed by atoms with E-state index in [4.69, 9.17) is 9.72 Å². The summed E-state index contributed by atoms with van der Waals surface area (Å²) in [7, 11) is 1.66. The van der Waals surface area contributed by atoms with Gasteiger partial charge in [-0.25, -0.2) is 4.98 Å². The number of benzene rings is 3. The Hall–Kier alpha value is -3.05. The van der Waals surface area contributed by atoms with Crippen molar-refractivity contribution in [2.45, 2.75) is 24.4 Å². The Kier molecular flexibility index (Phi) is 5.67. The van der Waals surface area contributed by atoms with Crippen molar-refractivity contribution in [2.75, 3.05) is 7.11 Å². The zero-order valence-corrected chi connectivity index (χ0v) is 17.3. The van der Waals surface area contributed by atoms with Crippen LogP contribution >= 0.6 is 11.8 Å². The van der Waals surface area contributed by atoms with Gasteiger partial charge in [-0.15, -0.1) is 0 Å². The van der Waals surface area contributed by atoms with Crippen molar-refractivity contribution in [3.05, 3.63) is 99.8 Å². The summed E-state index contributed by atoms with van der Waals surface area (Å²) >= 11 is 1.57. The molecule has 0 saturated heterocycles. The lowest BCUT2D eigenvalue weighted by Crippen LogP contribution is -2.24. The summed E-state index contributed by atoms with van der Waals surface area (Å²) in [4.78, 5) is 18.0. The van der Waals surface area contributed by atoms with Crippen LogP contribution in [0.3, 0.4) is 0 Å². The first kappa shape index (κ1) is 19.3. The molecule has 0 radical (unpaired) electrons. The molecule has 146 valence electrons. The number of thioether (sulfide) groups is 1. The van der Waals surface area contributed by atoms with Crippen LogP contribution in [-0.4, -0.2) is 16.7 Å². The average Bonchev–Trinajstić information content (AvgIpc) is 2.76. The number of fused-ring (bicyclic) bond motifs is 1. The van der Waals surface area contributed by atoms with Crippen LogP contribution in [0.4, 0.5) is 0 Å². The third-order valence-corrected chi connectivity index (χ3v) is 5.84. The van der Waals surface area contributed by atoms with Crippen LogP contribution in [0.1, 0.15) is 16.7 Å². The Labute approximate surface area is 174 Å². The number of nitrogens with zero attached hydrogens (tertiary/aromatic N) is 2. The zero-order valence-electron chi connectivity index (χ0n) is 16.5. The van der Waals surface area contributed by atoms with Crippen molar-refractivity contribution in [3.63, 3.8) is 0 Å². The van der Waals surface area contributed by atoms with E-state index >= 15 is 0 Å². The first-order chi connectivity index (χ1) is 14.1. The highest BCUT2D eigenvalue weighted by Crippen LogP contribution is 2.24. The fraction of sp³-hybridized carbons (Fsp3) is 0.167. The van der Waals surface area contributed by atoms with Gasteiger partial charge in [0.25, 0.3) is 5.56 Å². The van der Waals surface area contributed by atoms with Gasteiger partial charge in [0.2, 0.25) is 0 Å². The van der Waals surface area contributed by atoms with Crippen LogP contribution in [0.15, 0.2) is 82.7 Å². The molecule has 0 fully saturated rings. The molecule has 0 spiro atoms. The van der Waals surface area contributed by atoms with Gasteiger partial charge >= 0.3 is 0 Å². The normalized spacial score (nSPS) is 11.0. The van der Waals surface area contributed by atoms with Crippen molar-refractivity contribution in [2.24, 2.45) is 0 Å². The highest BCUT2D eigenvalue weighted by molar-refractivity contribution is 7.98. The van der Waals surface area contributed by atoms with Crippen molar-refractivity contribution >= 4 is 22.7 Å². The molecule has 0 saturated carbocycles. The van der Waals surface area contributed by atoms with E-state index in [1.165, 1.54) is 5.56 Å². The molecule has 0 aliphatic heterocycles. The fourth-order valence-corrected chi connectivity index (χ4v) is 4.12. The molecule has 0 unspecified atom stereocenters. The molecule has 1 heterocycles. The molecule has 29 heavy (non-hydrogen) atoms. The molecule has 0 N–H and O–H groups in total. The van der Waals surface area contributed by atoms with E-state index in [2.05, 4.69) is 37.3 Å². The molecule has 0 atom stereocenters. The molecule has 0 amide bonds. The van der Waals surface area contributed by atoms with E-state index in [-0.39, 0.29) is 5.56 Å². The largest absolute Gasteiger partial charge is 0.497 e. The maximum atomic E-state index is 13.2. The third-order valence-electron chi connectivity index (χ3n) is 4.79. The summed E-state index contributed by atoms with van der Waals surface area (Å²) in [5.41, 5.74) is 4.12. The second-order valence-corrected chi connectivity index (χ2v) is 7.87. The Morgan fingerprint density at radius 1 is 0.966 bits per heavy atom. The first-order valence-electron chi connectivity index (χ1n) is 9.45. The van der Waals surface area contributed by atoms with Gasteiger partial charge in [0.05, 0.1) is 24.6 Å². The predicted octanol–water partition coefficient (Wildman–Crippen LogP) is 5.05. The summed E-state index contributed by atoms with van der Waals surface area (Å²) in [5, 5.41) is 1.36. The lowest BCUT2D eigenvalue weighted by Gasteiger charge is -2.14. The van der Waals surface area contributed by atoms with Crippen molar-refractivity contribution < 1.29 is 4.74 Å². The monoisotopic (exact) mass is 402 g/mol. The minimum absolute atomic E-state index is 0.00989. The summed E-state index contributed by atoms with van der Waals surface area (Å²) in [5.74, 6) is 1.53. The van der Waals surface area contributed by atoms with Crippen LogP contribution in [0.5, 0.6) is 5.75 Å². The van der Waals surface area contributed by atoms with E-state index in [1.54, 1.807) is 23.4 Å². The topological polar surface area (TPSA) is 44.1 Å². The minimum atomic E-state index is -0.00989. The van der Waals surface area contributed by atoms with Gasteiger partial charge in [-0.1, -0.05) is 65.9 Å². The lowest BCUT2D eigenvalue weighted by molar-refractivity contribution is 0.414. The SMILES string of the molecule is COc1cccc(CSc2nc3ccccc3c(=O)n2Cc2ccc(C)cc2)c1. The summed E-state index contributed by atoms with van der Waals surface area (Å²) in [6.45, 7) is 2.56. The van der Waals surface area contributed by atoms with Gasteiger partial charge < -0.3 is 4.74 Å². The van der Waals surface area contributed by atoms with Gasteiger partial charge in [0.1, 0.15) is 5.75 Å². The molecule has 5 heteroatoms. The zero-order chi connectivity index (χ0) is 20.2. The molecule has 4 nitrogen and oxygen atoms in total. The molecule has 0 aliphatic rings. The molecule has 0 bridgehead atoms.